The van der Waals surface area contributed by atoms with Crippen molar-refractivity contribution >= 4 is 11.7 Å². The van der Waals surface area contributed by atoms with Crippen molar-refractivity contribution in [2.24, 2.45) is 11.5 Å². The second-order valence-corrected chi connectivity index (χ2v) is 4.68. The van der Waals surface area contributed by atoms with Gasteiger partial charge in [0, 0.05) is 11.1 Å². The van der Waals surface area contributed by atoms with Gasteiger partial charge in [-0.25, -0.2) is 0 Å². The average molecular weight is 310 g/mol. The number of ether oxygens (including phenoxy) is 2. The Labute approximate surface area is 134 Å². The number of nitrogen functional groups attached to an aromatic ring is 2. The maximum absolute atomic E-state index is 7.31. The zero-order valence-electron chi connectivity index (χ0n) is 12.5. The molecule has 6 heteroatoms. The van der Waals surface area contributed by atoms with E-state index in [1.54, 1.807) is 54.6 Å². The number of nitrogens with two attached hydrogens (primary N) is 2. The van der Waals surface area contributed by atoms with Crippen molar-refractivity contribution in [2.45, 2.75) is 0 Å². The van der Waals surface area contributed by atoms with Gasteiger partial charge in [-0.3, -0.25) is 10.8 Å². The van der Waals surface area contributed by atoms with Gasteiger partial charge in [0.15, 0.2) is 0 Å². The lowest BCUT2D eigenvalue weighted by molar-refractivity contribution is 0.357. The Morgan fingerprint density at radius 3 is 1.78 bits per heavy atom. The van der Waals surface area contributed by atoms with Crippen molar-refractivity contribution in [3.8, 4) is 11.5 Å². The van der Waals surface area contributed by atoms with Crippen molar-refractivity contribution in [1.82, 2.24) is 0 Å². The van der Waals surface area contributed by atoms with Crippen molar-refractivity contribution in [3.63, 3.8) is 0 Å². The smallest absolute Gasteiger partial charge is 0.126 e. The molecule has 0 saturated heterocycles. The molecule has 2 aromatic carbocycles. The fraction of sp³-hybridized carbons (Fsp3) is 0.0588. The molecule has 0 bridgehead atoms. The maximum Gasteiger partial charge on any atom is 0.126 e. The highest BCUT2D eigenvalue weighted by Crippen LogP contribution is 2.13. The van der Waals surface area contributed by atoms with Crippen molar-refractivity contribution in [3.05, 3.63) is 72.0 Å². The number of nitrogens with one attached hydrogen (secondary N) is 2. The first-order valence-electron chi connectivity index (χ1n) is 6.89. The highest BCUT2D eigenvalue weighted by atomic mass is 16.5. The second-order valence-electron chi connectivity index (χ2n) is 4.68. The Hall–Kier alpha value is -3.28. The van der Waals surface area contributed by atoms with E-state index in [9.17, 15) is 0 Å². The maximum atomic E-state index is 7.31. The summed E-state index contributed by atoms with van der Waals surface area (Å²) >= 11 is 0. The zero-order valence-corrected chi connectivity index (χ0v) is 12.5. The monoisotopic (exact) mass is 310 g/mol. The van der Waals surface area contributed by atoms with Crippen LogP contribution in [0, 0.1) is 10.8 Å². The lowest BCUT2D eigenvalue weighted by Crippen LogP contribution is -2.10. The molecule has 0 aliphatic rings. The summed E-state index contributed by atoms with van der Waals surface area (Å²) in [7, 11) is 0. The summed E-state index contributed by atoms with van der Waals surface area (Å²) in [6, 6.07) is 13.9. The fourth-order valence-corrected chi connectivity index (χ4v) is 1.75. The van der Waals surface area contributed by atoms with Crippen LogP contribution < -0.4 is 20.9 Å². The van der Waals surface area contributed by atoms with Crippen LogP contribution in [-0.4, -0.2) is 18.3 Å². The van der Waals surface area contributed by atoms with Gasteiger partial charge in [-0.05, 0) is 54.6 Å². The lowest BCUT2D eigenvalue weighted by atomic mass is 10.2. The van der Waals surface area contributed by atoms with Crippen molar-refractivity contribution in [1.29, 1.82) is 10.8 Å². The first kappa shape index (κ1) is 16.1. The Bertz CT molecular complexity index is 706. The minimum atomic E-state index is 0.0243. The number of rotatable bonds is 7. The van der Waals surface area contributed by atoms with Gasteiger partial charge in [0.25, 0.3) is 0 Å². The van der Waals surface area contributed by atoms with Crippen LogP contribution in [0.3, 0.4) is 0 Å². The van der Waals surface area contributed by atoms with Crippen LogP contribution in [0.25, 0.3) is 0 Å². The molecular formula is C17H18N4O2. The molecule has 0 aliphatic carbocycles. The van der Waals surface area contributed by atoms with Crippen LogP contribution >= 0.6 is 0 Å². The first-order valence-corrected chi connectivity index (χ1v) is 6.89. The molecule has 2 aromatic rings. The Morgan fingerprint density at radius 2 is 1.30 bits per heavy atom. The van der Waals surface area contributed by atoms with Gasteiger partial charge >= 0.3 is 0 Å². The Morgan fingerprint density at radius 1 is 0.826 bits per heavy atom. The predicted octanol–water partition coefficient (Wildman–Crippen LogP) is 2.23. The number of benzene rings is 2. The molecule has 23 heavy (non-hydrogen) atoms. The van der Waals surface area contributed by atoms with Crippen molar-refractivity contribution < 1.29 is 9.47 Å². The van der Waals surface area contributed by atoms with Crippen LogP contribution in [0.2, 0.25) is 0 Å². The van der Waals surface area contributed by atoms with Crippen LogP contribution in [0.1, 0.15) is 11.1 Å². The number of hydrogen-bond donors (Lipinski definition) is 4. The van der Waals surface area contributed by atoms with Gasteiger partial charge in [-0.1, -0.05) is 0 Å². The van der Waals surface area contributed by atoms with E-state index < -0.39 is 0 Å². The van der Waals surface area contributed by atoms with E-state index in [1.165, 1.54) is 6.26 Å². The van der Waals surface area contributed by atoms with Crippen LogP contribution in [0.4, 0.5) is 0 Å². The summed E-state index contributed by atoms with van der Waals surface area (Å²) in [4.78, 5) is 0. The topological polar surface area (TPSA) is 118 Å². The molecule has 0 fully saturated rings. The molecule has 6 nitrogen and oxygen atoms in total. The molecule has 0 radical (unpaired) electrons. The number of amidine groups is 2. The van der Waals surface area contributed by atoms with Gasteiger partial charge in [0.1, 0.15) is 29.8 Å². The highest BCUT2D eigenvalue weighted by Gasteiger charge is 1.97. The highest BCUT2D eigenvalue weighted by molar-refractivity contribution is 5.95. The summed E-state index contributed by atoms with van der Waals surface area (Å²) in [5, 5.41) is 14.6. The quantitative estimate of drug-likeness (QED) is 0.356. The Kier molecular flexibility index (Phi) is 5.35. The molecule has 6 N–H and O–H groups in total. The van der Waals surface area contributed by atoms with E-state index >= 15 is 0 Å². The van der Waals surface area contributed by atoms with E-state index in [4.69, 9.17) is 31.8 Å². The van der Waals surface area contributed by atoms with Crippen molar-refractivity contribution in [2.75, 3.05) is 6.61 Å². The third-order valence-electron chi connectivity index (χ3n) is 2.98. The fourth-order valence-electron chi connectivity index (χ4n) is 1.75. The third-order valence-corrected chi connectivity index (χ3v) is 2.98. The molecule has 0 aromatic heterocycles. The molecule has 0 unspecified atom stereocenters. The summed E-state index contributed by atoms with van der Waals surface area (Å²) in [6.45, 7) is 0.352. The van der Waals surface area contributed by atoms with E-state index in [2.05, 4.69) is 0 Å². The van der Waals surface area contributed by atoms with Gasteiger partial charge in [-0.2, -0.15) is 0 Å². The van der Waals surface area contributed by atoms with Crippen LogP contribution in [0.15, 0.2) is 60.9 Å². The van der Waals surface area contributed by atoms with Gasteiger partial charge in [0.2, 0.25) is 0 Å². The first-order chi connectivity index (χ1) is 11.1. The lowest BCUT2D eigenvalue weighted by Gasteiger charge is -2.05. The Balaban J connectivity index is 1.78. The third kappa shape index (κ3) is 4.89. The summed E-state index contributed by atoms with van der Waals surface area (Å²) in [5.74, 6) is 1.39. The van der Waals surface area contributed by atoms with Gasteiger partial charge in [-0.15, -0.1) is 0 Å². The molecule has 0 heterocycles. The van der Waals surface area contributed by atoms with E-state index in [0.717, 1.165) is 0 Å². The summed E-state index contributed by atoms with van der Waals surface area (Å²) in [5.41, 5.74) is 12.1. The van der Waals surface area contributed by atoms with E-state index in [1.807, 2.05) is 0 Å². The molecular weight excluding hydrogens is 292 g/mol. The average Bonchev–Trinajstić information content (AvgIpc) is 2.55. The predicted molar refractivity (Wildman–Crippen MR) is 90.2 cm³/mol. The van der Waals surface area contributed by atoms with E-state index in [0.29, 0.717) is 29.2 Å². The zero-order chi connectivity index (χ0) is 16.7. The summed E-state index contributed by atoms with van der Waals surface area (Å²) < 4.78 is 10.9. The van der Waals surface area contributed by atoms with Gasteiger partial charge in [0.05, 0.1) is 6.26 Å². The molecule has 0 spiro atoms. The molecule has 118 valence electrons. The van der Waals surface area contributed by atoms with Crippen LogP contribution in [0.5, 0.6) is 11.5 Å². The second kappa shape index (κ2) is 7.65. The molecule has 0 atom stereocenters. The molecule has 0 aliphatic heterocycles. The molecule has 2 rings (SSSR count). The SMILES string of the molecule is N=C(N)c1ccc(O/C=C\COc2ccc(C(=N)N)cc2)cc1. The van der Waals surface area contributed by atoms with Gasteiger partial charge < -0.3 is 20.9 Å². The normalized spacial score (nSPS) is 10.4. The largest absolute Gasteiger partial charge is 0.489 e. The molecule has 0 amide bonds. The summed E-state index contributed by atoms with van der Waals surface area (Å²) in [6.07, 6.45) is 3.27. The molecule has 0 saturated carbocycles. The van der Waals surface area contributed by atoms with E-state index in [-0.39, 0.29) is 11.7 Å². The standard InChI is InChI=1S/C17H18N4O2/c18-16(19)12-2-6-14(7-3-12)22-10-1-11-23-15-8-4-13(5-9-15)17(20)21/h1-10H,11H2,(H3,18,19)(H3,20,21)/b10-1-. The van der Waals surface area contributed by atoms with Crippen LogP contribution in [-0.2, 0) is 0 Å². The number of hydrogen-bond acceptors (Lipinski definition) is 4. The minimum Gasteiger partial charge on any atom is -0.489 e. The minimum absolute atomic E-state index is 0.0243.